The van der Waals surface area contributed by atoms with E-state index in [0.29, 0.717) is 18.5 Å². The average Bonchev–Trinajstić information content (AvgIpc) is 3.08. The minimum absolute atomic E-state index is 0.631. The van der Waals surface area contributed by atoms with Gasteiger partial charge in [0.05, 0.1) is 18.5 Å². The number of nitrogens with one attached hydrogen (secondary N) is 1. The number of rotatable bonds is 6. The summed E-state index contributed by atoms with van der Waals surface area (Å²) in [5.41, 5.74) is 0.954. The van der Waals surface area contributed by atoms with Crippen molar-refractivity contribution in [1.82, 2.24) is 15.3 Å². The van der Waals surface area contributed by atoms with Gasteiger partial charge in [0, 0.05) is 18.8 Å². The van der Waals surface area contributed by atoms with Gasteiger partial charge in [0.15, 0.2) is 0 Å². The van der Waals surface area contributed by atoms with Crippen molar-refractivity contribution in [3.8, 4) is 5.88 Å². The van der Waals surface area contributed by atoms with E-state index >= 15 is 0 Å². The molecule has 82 valence electrons. The largest absolute Gasteiger partial charge is 0.477 e. The van der Waals surface area contributed by atoms with E-state index in [2.05, 4.69) is 22.2 Å². The van der Waals surface area contributed by atoms with E-state index in [1.165, 1.54) is 12.8 Å². The molecule has 4 heteroatoms. The first-order chi connectivity index (χ1) is 7.38. The Kier molecular flexibility index (Phi) is 3.50. The molecule has 1 heterocycles. The lowest BCUT2D eigenvalue weighted by Crippen LogP contribution is -2.16. The quantitative estimate of drug-likeness (QED) is 0.768. The predicted octanol–water partition coefficient (Wildman–Crippen LogP) is 1.52. The average molecular weight is 207 g/mol. The molecule has 4 nitrogen and oxygen atoms in total. The highest BCUT2D eigenvalue weighted by molar-refractivity contribution is 5.08. The molecule has 0 aliphatic heterocycles. The van der Waals surface area contributed by atoms with Crippen molar-refractivity contribution in [1.29, 1.82) is 0 Å². The van der Waals surface area contributed by atoms with Gasteiger partial charge in [-0.1, -0.05) is 6.92 Å². The van der Waals surface area contributed by atoms with E-state index in [1.54, 1.807) is 12.4 Å². The highest BCUT2D eigenvalue weighted by Crippen LogP contribution is 2.19. The van der Waals surface area contributed by atoms with Gasteiger partial charge in [0.2, 0.25) is 5.88 Å². The van der Waals surface area contributed by atoms with Crippen LogP contribution in [-0.2, 0) is 6.54 Å². The summed E-state index contributed by atoms with van der Waals surface area (Å²) in [4.78, 5) is 8.47. The maximum atomic E-state index is 5.42. The van der Waals surface area contributed by atoms with Crippen LogP contribution < -0.4 is 10.1 Å². The van der Waals surface area contributed by atoms with E-state index < -0.39 is 0 Å². The molecule has 15 heavy (non-hydrogen) atoms. The molecule has 0 bridgehead atoms. The highest BCUT2D eigenvalue weighted by Gasteiger charge is 2.20. The van der Waals surface area contributed by atoms with Crippen molar-refractivity contribution in [3.63, 3.8) is 0 Å². The van der Waals surface area contributed by atoms with Crippen LogP contribution in [0.4, 0.5) is 0 Å². The second-order valence-corrected chi connectivity index (χ2v) is 3.85. The molecule has 1 aromatic heterocycles. The van der Waals surface area contributed by atoms with Gasteiger partial charge in [-0.25, -0.2) is 4.98 Å². The maximum absolute atomic E-state index is 5.42. The first kappa shape index (κ1) is 10.4. The van der Waals surface area contributed by atoms with Crippen LogP contribution in [0, 0.1) is 0 Å². The molecular weight excluding hydrogens is 190 g/mol. The lowest BCUT2D eigenvalue weighted by atomic mass is 10.4. The minimum atomic E-state index is 0.631. The van der Waals surface area contributed by atoms with Gasteiger partial charge >= 0.3 is 0 Å². The van der Waals surface area contributed by atoms with Crippen molar-refractivity contribution >= 4 is 0 Å². The zero-order chi connectivity index (χ0) is 10.5. The van der Waals surface area contributed by atoms with Crippen LogP contribution in [-0.4, -0.2) is 22.6 Å². The second-order valence-electron chi connectivity index (χ2n) is 3.85. The third-order valence-corrected chi connectivity index (χ3v) is 2.27. The van der Waals surface area contributed by atoms with Crippen LogP contribution in [0.15, 0.2) is 12.4 Å². The summed E-state index contributed by atoms with van der Waals surface area (Å²) in [5, 5.41) is 3.40. The Labute approximate surface area is 90.1 Å². The summed E-state index contributed by atoms with van der Waals surface area (Å²) in [6.45, 7) is 3.57. The van der Waals surface area contributed by atoms with Crippen LogP contribution in [0.1, 0.15) is 31.9 Å². The van der Waals surface area contributed by atoms with Crippen molar-refractivity contribution in [2.45, 2.75) is 38.8 Å². The molecule has 1 saturated carbocycles. The molecule has 0 atom stereocenters. The van der Waals surface area contributed by atoms with E-state index in [0.717, 1.165) is 18.7 Å². The van der Waals surface area contributed by atoms with Gasteiger partial charge in [-0.2, -0.15) is 0 Å². The van der Waals surface area contributed by atoms with E-state index in [4.69, 9.17) is 4.74 Å². The Morgan fingerprint density at radius 2 is 2.33 bits per heavy atom. The Morgan fingerprint density at radius 1 is 1.47 bits per heavy atom. The predicted molar refractivity (Wildman–Crippen MR) is 57.7 cm³/mol. The van der Waals surface area contributed by atoms with Gasteiger partial charge in [-0.15, -0.1) is 0 Å². The van der Waals surface area contributed by atoms with E-state index in [1.807, 2.05) is 0 Å². The Morgan fingerprint density at radius 3 is 3.07 bits per heavy atom. The van der Waals surface area contributed by atoms with E-state index in [9.17, 15) is 0 Å². The Hall–Kier alpha value is -1.16. The molecule has 1 aromatic rings. The van der Waals surface area contributed by atoms with Crippen LogP contribution in [0.3, 0.4) is 0 Å². The minimum Gasteiger partial charge on any atom is -0.477 e. The first-order valence-corrected chi connectivity index (χ1v) is 5.55. The first-order valence-electron chi connectivity index (χ1n) is 5.55. The molecule has 1 aliphatic carbocycles. The molecular formula is C11H17N3O. The fraction of sp³-hybridized carbons (Fsp3) is 0.636. The second kappa shape index (κ2) is 5.07. The molecule has 0 amide bonds. The molecule has 0 saturated heterocycles. The highest BCUT2D eigenvalue weighted by atomic mass is 16.5. The van der Waals surface area contributed by atoms with Crippen LogP contribution >= 0.6 is 0 Å². The van der Waals surface area contributed by atoms with Crippen LogP contribution in [0.2, 0.25) is 0 Å². The smallest absolute Gasteiger partial charge is 0.232 e. The molecule has 2 rings (SSSR count). The molecule has 1 aliphatic rings. The molecule has 1 fully saturated rings. The number of nitrogens with zero attached hydrogens (tertiary/aromatic N) is 2. The topological polar surface area (TPSA) is 47.0 Å². The molecule has 0 aromatic carbocycles. The van der Waals surface area contributed by atoms with Crippen LogP contribution in [0.25, 0.3) is 0 Å². The third-order valence-electron chi connectivity index (χ3n) is 2.27. The summed E-state index contributed by atoms with van der Waals surface area (Å²) in [6, 6.07) is 0.701. The van der Waals surface area contributed by atoms with Gasteiger partial charge in [-0.05, 0) is 19.3 Å². The molecule has 0 radical (unpaired) electrons. The maximum Gasteiger partial charge on any atom is 0.232 e. The number of hydrogen-bond donors (Lipinski definition) is 1. The van der Waals surface area contributed by atoms with Crippen molar-refractivity contribution in [3.05, 3.63) is 18.1 Å². The monoisotopic (exact) mass is 207 g/mol. The summed E-state index contributed by atoms with van der Waals surface area (Å²) >= 11 is 0. The normalized spacial score (nSPS) is 15.3. The molecule has 0 unspecified atom stereocenters. The van der Waals surface area contributed by atoms with E-state index in [-0.39, 0.29) is 0 Å². The third kappa shape index (κ3) is 3.47. The van der Waals surface area contributed by atoms with Gasteiger partial charge in [0.1, 0.15) is 0 Å². The van der Waals surface area contributed by atoms with Crippen LogP contribution in [0.5, 0.6) is 5.88 Å². The van der Waals surface area contributed by atoms with Gasteiger partial charge in [0.25, 0.3) is 0 Å². The summed E-state index contributed by atoms with van der Waals surface area (Å²) in [5.74, 6) is 0.631. The summed E-state index contributed by atoms with van der Waals surface area (Å²) in [7, 11) is 0. The number of aromatic nitrogens is 2. The Bertz CT molecular complexity index is 312. The standard InChI is InChI=1S/C11H17N3O/c1-2-5-15-11-8-12-6-10(14-11)7-13-9-3-4-9/h6,8-9,13H,2-5,7H2,1H3. The SMILES string of the molecule is CCCOc1cncc(CNC2CC2)n1. The lowest BCUT2D eigenvalue weighted by Gasteiger charge is -2.05. The summed E-state index contributed by atoms with van der Waals surface area (Å²) in [6.07, 6.45) is 7.02. The number of hydrogen-bond acceptors (Lipinski definition) is 4. The van der Waals surface area contributed by atoms with Gasteiger partial charge < -0.3 is 10.1 Å². The number of ether oxygens (including phenoxy) is 1. The van der Waals surface area contributed by atoms with Crippen molar-refractivity contribution in [2.24, 2.45) is 0 Å². The van der Waals surface area contributed by atoms with Gasteiger partial charge in [-0.3, -0.25) is 4.98 Å². The zero-order valence-corrected chi connectivity index (χ0v) is 9.07. The fourth-order valence-electron chi connectivity index (χ4n) is 1.28. The molecule has 0 spiro atoms. The zero-order valence-electron chi connectivity index (χ0n) is 9.07. The fourth-order valence-corrected chi connectivity index (χ4v) is 1.28. The molecule has 1 N–H and O–H groups in total. The van der Waals surface area contributed by atoms with Crippen molar-refractivity contribution < 1.29 is 4.74 Å². The van der Waals surface area contributed by atoms with Crippen molar-refractivity contribution in [2.75, 3.05) is 6.61 Å². The lowest BCUT2D eigenvalue weighted by molar-refractivity contribution is 0.302. The summed E-state index contributed by atoms with van der Waals surface area (Å²) < 4.78 is 5.42. The Balaban J connectivity index is 1.85.